The highest BCUT2D eigenvalue weighted by Crippen LogP contribution is 2.67. The van der Waals surface area contributed by atoms with Crippen LogP contribution in [-0.2, 0) is 0 Å². The Labute approximate surface area is 142 Å². The lowest BCUT2D eigenvalue weighted by atomic mass is 9.44. The van der Waals surface area contributed by atoms with Crippen LogP contribution >= 0.6 is 0 Å². The normalized spacial score (nSPS) is 59.1. The number of rotatable bonds is 1. The molecule has 0 aliphatic heterocycles. The van der Waals surface area contributed by atoms with Gasteiger partial charge in [0.2, 0.25) is 0 Å². The summed E-state index contributed by atoms with van der Waals surface area (Å²) >= 11 is 0. The van der Waals surface area contributed by atoms with E-state index in [1.807, 2.05) is 0 Å². The Morgan fingerprint density at radius 2 is 1.57 bits per heavy atom. The first-order valence-electron chi connectivity index (χ1n) is 10.1. The predicted molar refractivity (Wildman–Crippen MR) is 92.9 cm³/mol. The summed E-state index contributed by atoms with van der Waals surface area (Å²) < 4.78 is 0. The van der Waals surface area contributed by atoms with Crippen LogP contribution in [0.3, 0.4) is 0 Å². The van der Waals surface area contributed by atoms with Crippen molar-refractivity contribution in [1.29, 1.82) is 0 Å². The summed E-state index contributed by atoms with van der Waals surface area (Å²) in [6, 6.07) is 0. The van der Waals surface area contributed by atoms with Crippen LogP contribution in [0.4, 0.5) is 0 Å². The summed E-state index contributed by atoms with van der Waals surface area (Å²) in [6.07, 6.45) is 11.2. The van der Waals surface area contributed by atoms with E-state index in [1.54, 1.807) is 0 Å². The van der Waals surface area contributed by atoms with Crippen molar-refractivity contribution < 1.29 is 10.2 Å². The van der Waals surface area contributed by atoms with Gasteiger partial charge in [0.15, 0.2) is 0 Å². The highest BCUT2D eigenvalue weighted by molar-refractivity contribution is 5.10. The maximum atomic E-state index is 10.6. The van der Waals surface area contributed by atoms with Crippen LogP contribution in [-0.4, -0.2) is 22.4 Å². The Morgan fingerprint density at radius 3 is 2.30 bits per heavy atom. The van der Waals surface area contributed by atoms with Crippen molar-refractivity contribution in [3.8, 4) is 0 Å². The smallest absolute Gasteiger partial charge is 0.0622 e. The van der Waals surface area contributed by atoms with Crippen LogP contribution in [0, 0.1) is 40.4 Å². The molecule has 0 unspecified atom stereocenters. The molecule has 0 aromatic heterocycles. The van der Waals surface area contributed by atoms with Crippen LogP contribution in [0.2, 0.25) is 0 Å². The van der Waals surface area contributed by atoms with E-state index < -0.39 is 5.60 Å². The van der Waals surface area contributed by atoms with Gasteiger partial charge < -0.3 is 10.2 Å². The van der Waals surface area contributed by atoms with E-state index in [4.69, 9.17) is 0 Å². The Morgan fingerprint density at radius 1 is 0.826 bits per heavy atom. The molecular formula is C21H36O2. The highest BCUT2D eigenvalue weighted by Gasteiger charge is 2.60. The van der Waals surface area contributed by atoms with Crippen LogP contribution in [0.15, 0.2) is 0 Å². The summed E-state index contributed by atoms with van der Waals surface area (Å²) in [5.74, 6) is 3.87. The Bertz CT molecular complexity index is 472. The topological polar surface area (TPSA) is 40.5 Å². The number of hydrogen-bond donors (Lipinski definition) is 2. The van der Waals surface area contributed by atoms with E-state index in [1.165, 1.54) is 44.9 Å². The minimum absolute atomic E-state index is 0.396. The monoisotopic (exact) mass is 320 g/mol. The first-order valence-corrected chi connectivity index (χ1v) is 10.1. The minimum atomic E-state index is -0.421. The van der Waals surface area contributed by atoms with Crippen molar-refractivity contribution in [2.24, 2.45) is 40.4 Å². The van der Waals surface area contributed by atoms with Crippen molar-refractivity contribution in [2.75, 3.05) is 6.61 Å². The summed E-state index contributed by atoms with van der Waals surface area (Å²) in [4.78, 5) is 0. The molecule has 0 bridgehead atoms. The van der Waals surface area contributed by atoms with Gasteiger partial charge in [-0.05, 0) is 105 Å². The van der Waals surface area contributed by atoms with E-state index in [0.717, 1.165) is 36.5 Å². The molecule has 2 heteroatoms. The molecule has 0 heterocycles. The van der Waals surface area contributed by atoms with Gasteiger partial charge in [-0.2, -0.15) is 0 Å². The number of fused-ring (bicyclic) bond motifs is 5. The molecule has 4 fully saturated rings. The lowest BCUT2D eigenvalue weighted by Crippen LogP contribution is -2.55. The molecule has 4 aliphatic carbocycles. The van der Waals surface area contributed by atoms with E-state index in [0.29, 0.717) is 23.4 Å². The van der Waals surface area contributed by atoms with Gasteiger partial charge in [0.05, 0.1) is 5.60 Å². The molecule has 0 aromatic carbocycles. The number of aliphatic hydroxyl groups excluding tert-OH is 1. The molecule has 4 rings (SSSR count). The van der Waals surface area contributed by atoms with Crippen LogP contribution in [0.25, 0.3) is 0 Å². The van der Waals surface area contributed by atoms with Gasteiger partial charge in [-0.25, -0.2) is 0 Å². The Kier molecular flexibility index (Phi) is 3.71. The molecule has 23 heavy (non-hydrogen) atoms. The van der Waals surface area contributed by atoms with Gasteiger partial charge in [0.1, 0.15) is 0 Å². The molecule has 4 saturated carbocycles. The van der Waals surface area contributed by atoms with Gasteiger partial charge in [-0.3, -0.25) is 0 Å². The van der Waals surface area contributed by atoms with E-state index >= 15 is 0 Å². The van der Waals surface area contributed by atoms with E-state index in [9.17, 15) is 10.2 Å². The van der Waals surface area contributed by atoms with E-state index in [2.05, 4.69) is 20.8 Å². The maximum Gasteiger partial charge on any atom is 0.0622 e. The summed E-state index contributed by atoms with van der Waals surface area (Å²) in [5.41, 5.74) is 0.443. The number of hydrogen-bond acceptors (Lipinski definition) is 2. The molecule has 0 radical (unpaired) electrons. The van der Waals surface area contributed by atoms with Crippen molar-refractivity contribution in [1.82, 2.24) is 0 Å². The lowest BCUT2D eigenvalue weighted by Gasteiger charge is -2.61. The van der Waals surface area contributed by atoms with Gasteiger partial charge in [0, 0.05) is 6.61 Å². The Balaban J connectivity index is 1.60. The maximum absolute atomic E-state index is 10.6. The first kappa shape index (κ1) is 16.4. The third kappa shape index (κ3) is 2.27. The molecule has 0 aromatic rings. The average molecular weight is 321 g/mol. The molecule has 2 N–H and O–H groups in total. The molecule has 132 valence electrons. The fourth-order valence-corrected chi connectivity index (χ4v) is 7.84. The third-order valence-electron chi connectivity index (χ3n) is 9.37. The van der Waals surface area contributed by atoms with Crippen molar-refractivity contribution in [3.63, 3.8) is 0 Å². The second-order valence-electron chi connectivity index (χ2n) is 10.4. The minimum Gasteiger partial charge on any atom is -0.396 e. The summed E-state index contributed by atoms with van der Waals surface area (Å²) in [7, 11) is 0. The van der Waals surface area contributed by atoms with Crippen LogP contribution < -0.4 is 0 Å². The first-order chi connectivity index (χ1) is 10.8. The fraction of sp³-hybridized carbons (Fsp3) is 1.00. The zero-order valence-corrected chi connectivity index (χ0v) is 15.4. The Hall–Kier alpha value is -0.0800. The van der Waals surface area contributed by atoms with Crippen molar-refractivity contribution in [2.45, 2.75) is 84.2 Å². The molecule has 4 aliphatic rings. The SMILES string of the molecule is C[C@]1(O)CC[C@@]2(C)[C@@H](CC[C@@H]3[C@@H]2CC[C@]2(C)[C@@H](CO)CC[C@@H]32)C1. The largest absolute Gasteiger partial charge is 0.396 e. The van der Waals surface area contributed by atoms with Crippen molar-refractivity contribution >= 4 is 0 Å². The molecule has 0 saturated heterocycles. The van der Waals surface area contributed by atoms with Crippen LogP contribution in [0.1, 0.15) is 78.6 Å². The van der Waals surface area contributed by atoms with Crippen LogP contribution in [0.5, 0.6) is 0 Å². The zero-order chi connectivity index (χ0) is 16.5. The van der Waals surface area contributed by atoms with Gasteiger partial charge >= 0.3 is 0 Å². The van der Waals surface area contributed by atoms with Crippen molar-refractivity contribution in [3.05, 3.63) is 0 Å². The molecule has 0 spiro atoms. The van der Waals surface area contributed by atoms with Gasteiger partial charge in [0.25, 0.3) is 0 Å². The molecular weight excluding hydrogens is 284 g/mol. The molecule has 0 amide bonds. The summed E-state index contributed by atoms with van der Waals surface area (Å²) in [6.45, 7) is 7.50. The molecule has 8 atom stereocenters. The lowest BCUT2D eigenvalue weighted by molar-refractivity contribution is -0.147. The van der Waals surface area contributed by atoms with Gasteiger partial charge in [-0.1, -0.05) is 13.8 Å². The predicted octanol–water partition coefficient (Wildman–Crippen LogP) is 4.39. The number of aliphatic hydroxyl groups is 2. The fourth-order valence-electron chi connectivity index (χ4n) is 7.84. The van der Waals surface area contributed by atoms with Gasteiger partial charge in [-0.15, -0.1) is 0 Å². The van der Waals surface area contributed by atoms with E-state index in [-0.39, 0.29) is 0 Å². The average Bonchev–Trinajstić information content (AvgIpc) is 2.84. The quantitative estimate of drug-likeness (QED) is 0.752. The summed E-state index contributed by atoms with van der Waals surface area (Å²) in [5, 5.41) is 20.4. The highest BCUT2D eigenvalue weighted by atomic mass is 16.3. The standard InChI is InChI=1S/C21H36O2/c1-19(23)10-11-21(3)14(12-19)4-6-16-17-7-5-15(13-22)20(17,2)9-8-18(16)21/h14-18,22-23H,4-13H2,1-3H3/t14-,15+,16-,17-,18-,19-,20+,21-/m0/s1. The zero-order valence-electron chi connectivity index (χ0n) is 15.4. The molecule has 2 nitrogen and oxygen atoms in total. The third-order valence-corrected chi connectivity index (χ3v) is 9.37. The second-order valence-corrected chi connectivity index (χ2v) is 10.4. The second kappa shape index (κ2) is 5.21.